The third kappa shape index (κ3) is 1.65. The van der Waals surface area contributed by atoms with E-state index in [1.54, 1.807) is 11.8 Å². The number of hydrogen-bond acceptors (Lipinski definition) is 2. The van der Waals surface area contributed by atoms with Gasteiger partial charge < -0.3 is 4.90 Å². The van der Waals surface area contributed by atoms with E-state index >= 15 is 0 Å². The number of ketones is 1. The van der Waals surface area contributed by atoms with Crippen LogP contribution in [0, 0.1) is 5.92 Å². The molecule has 0 aromatic carbocycles. The molecule has 0 radical (unpaired) electrons. The first kappa shape index (κ1) is 9.23. The van der Waals surface area contributed by atoms with E-state index in [0.717, 1.165) is 0 Å². The molecule has 0 saturated carbocycles. The molecule has 0 aliphatic carbocycles. The molecule has 0 N–H and O–H groups in total. The summed E-state index contributed by atoms with van der Waals surface area (Å²) in [4.78, 5) is 24.1. The summed E-state index contributed by atoms with van der Waals surface area (Å²) < 4.78 is 0. The van der Waals surface area contributed by atoms with Gasteiger partial charge in [-0.25, -0.2) is 0 Å². The van der Waals surface area contributed by atoms with Crippen LogP contribution in [0.2, 0.25) is 0 Å². The Morgan fingerprint density at radius 1 is 1.50 bits per heavy atom. The highest BCUT2D eigenvalue weighted by Gasteiger charge is 2.30. The van der Waals surface area contributed by atoms with Crippen molar-refractivity contribution >= 4 is 11.7 Å². The monoisotopic (exact) mass is 169 g/mol. The number of nitrogens with zero attached hydrogens (tertiary/aromatic N) is 1. The van der Waals surface area contributed by atoms with E-state index in [2.05, 4.69) is 0 Å². The zero-order chi connectivity index (χ0) is 9.30. The van der Waals surface area contributed by atoms with E-state index in [1.807, 2.05) is 13.8 Å². The van der Waals surface area contributed by atoms with Gasteiger partial charge in [-0.2, -0.15) is 0 Å². The summed E-state index contributed by atoms with van der Waals surface area (Å²) in [6.07, 6.45) is 0.515. The molecular weight excluding hydrogens is 154 g/mol. The van der Waals surface area contributed by atoms with Crippen molar-refractivity contribution in [1.82, 2.24) is 4.90 Å². The lowest BCUT2D eigenvalue weighted by atomic mass is 9.93. The fraction of sp³-hybridized carbons (Fsp3) is 0.778. The fourth-order valence-electron chi connectivity index (χ4n) is 1.62. The summed E-state index contributed by atoms with van der Waals surface area (Å²) in [5.74, 6) is 0.368. The van der Waals surface area contributed by atoms with Crippen LogP contribution in [0.5, 0.6) is 0 Å². The molecule has 1 aliphatic rings. The highest BCUT2D eigenvalue weighted by Crippen LogP contribution is 2.18. The van der Waals surface area contributed by atoms with Crippen LogP contribution >= 0.6 is 0 Å². The number of carbonyl (C=O) groups excluding carboxylic acids is 2. The molecule has 1 amide bonds. The van der Waals surface area contributed by atoms with Gasteiger partial charge in [-0.15, -0.1) is 0 Å². The number of amides is 1. The Morgan fingerprint density at radius 2 is 2.08 bits per heavy atom. The Hall–Kier alpha value is -0.860. The summed E-state index contributed by atoms with van der Waals surface area (Å²) >= 11 is 0. The van der Waals surface area contributed by atoms with Gasteiger partial charge in [0.05, 0.1) is 0 Å². The minimum atomic E-state index is 0.0186. The smallest absolute Gasteiger partial charge is 0.219 e. The topological polar surface area (TPSA) is 37.4 Å². The molecule has 3 nitrogen and oxygen atoms in total. The molecule has 2 atom stereocenters. The van der Waals surface area contributed by atoms with Crippen molar-refractivity contribution in [3.63, 3.8) is 0 Å². The van der Waals surface area contributed by atoms with Crippen LogP contribution in [0.15, 0.2) is 0 Å². The number of piperidine rings is 1. The summed E-state index contributed by atoms with van der Waals surface area (Å²) in [5, 5.41) is 0. The number of carbonyl (C=O) groups is 2. The zero-order valence-corrected chi connectivity index (χ0v) is 7.83. The lowest BCUT2D eigenvalue weighted by molar-refractivity contribution is -0.138. The van der Waals surface area contributed by atoms with Crippen molar-refractivity contribution in [3.05, 3.63) is 0 Å². The number of rotatable bonds is 0. The largest absolute Gasteiger partial charge is 0.339 e. The van der Waals surface area contributed by atoms with Gasteiger partial charge in [0.2, 0.25) is 5.91 Å². The van der Waals surface area contributed by atoms with Gasteiger partial charge in [-0.3, -0.25) is 9.59 Å². The normalized spacial score (nSPS) is 30.6. The predicted molar refractivity (Wildman–Crippen MR) is 45.6 cm³/mol. The summed E-state index contributed by atoms with van der Waals surface area (Å²) in [6, 6.07) is 0.0891. The Kier molecular flexibility index (Phi) is 2.50. The van der Waals surface area contributed by atoms with Gasteiger partial charge in [0.1, 0.15) is 5.78 Å². The average molecular weight is 169 g/mol. The molecule has 0 unspecified atom stereocenters. The van der Waals surface area contributed by atoms with Crippen LogP contribution < -0.4 is 0 Å². The average Bonchev–Trinajstić information content (AvgIpc) is 1.96. The van der Waals surface area contributed by atoms with Gasteiger partial charge in [0, 0.05) is 31.8 Å². The first-order valence-corrected chi connectivity index (χ1v) is 4.32. The van der Waals surface area contributed by atoms with E-state index < -0.39 is 0 Å². The van der Waals surface area contributed by atoms with Crippen molar-refractivity contribution in [2.75, 3.05) is 6.54 Å². The molecule has 1 saturated heterocycles. The predicted octanol–water partition coefficient (Wildman–Crippen LogP) is 0.832. The number of hydrogen-bond donors (Lipinski definition) is 0. The van der Waals surface area contributed by atoms with Crippen molar-refractivity contribution in [3.8, 4) is 0 Å². The maximum atomic E-state index is 11.2. The summed E-state index contributed by atoms with van der Waals surface area (Å²) in [6.45, 7) is 5.95. The van der Waals surface area contributed by atoms with E-state index in [9.17, 15) is 9.59 Å². The van der Waals surface area contributed by atoms with Gasteiger partial charge in [-0.05, 0) is 6.92 Å². The van der Waals surface area contributed by atoms with Crippen LogP contribution in [0.3, 0.4) is 0 Å². The molecule has 68 valence electrons. The lowest BCUT2D eigenvalue weighted by Gasteiger charge is -2.35. The molecule has 1 rings (SSSR count). The summed E-state index contributed by atoms with van der Waals surface area (Å²) in [7, 11) is 0. The van der Waals surface area contributed by atoms with E-state index in [4.69, 9.17) is 0 Å². The highest BCUT2D eigenvalue weighted by atomic mass is 16.2. The second-order valence-corrected chi connectivity index (χ2v) is 3.59. The minimum Gasteiger partial charge on any atom is -0.339 e. The Labute approximate surface area is 72.7 Å². The van der Waals surface area contributed by atoms with E-state index in [1.165, 1.54) is 0 Å². The van der Waals surface area contributed by atoms with Crippen molar-refractivity contribution in [2.45, 2.75) is 33.2 Å². The van der Waals surface area contributed by atoms with Gasteiger partial charge >= 0.3 is 0 Å². The molecule has 1 aliphatic heterocycles. The van der Waals surface area contributed by atoms with E-state index in [0.29, 0.717) is 13.0 Å². The summed E-state index contributed by atoms with van der Waals surface area (Å²) in [5.41, 5.74) is 0. The first-order chi connectivity index (χ1) is 5.52. The molecule has 0 bridgehead atoms. The molecule has 0 aromatic heterocycles. The Balaban J connectivity index is 2.67. The third-order valence-corrected chi connectivity index (χ3v) is 2.45. The maximum Gasteiger partial charge on any atom is 0.219 e. The van der Waals surface area contributed by atoms with Gasteiger partial charge in [0.15, 0.2) is 0 Å². The first-order valence-electron chi connectivity index (χ1n) is 4.32. The Bertz CT molecular complexity index is 213. The standard InChI is InChI=1S/C9H15NO2/c1-6-5-10(8(3)11)7(2)4-9(6)12/h6-7H,4-5H2,1-3H3/t6-,7+/m1/s1. The number of likely N-dealkylation sites (tertiary alicyclic amines) is 1. The van der Waals surface area contributed by atoms with Crippen LogP contribution in [-0.2, 0) is 9.59 Å². The molecule has 3 heteroatoms. The van der Waals surface area contributed by atoms with Gasteiger partial charge in [0.25, 0.3) is 0 Å². The van der Waals surface area contributed by atoms with Crippen molar-refractivity contribution in [2.24, 2.45) is 5.92 Å². The quantitative estimate of drug-likeness (QED) is 0.538. The minimum absolute atomic E-state index is 0.0186. The van der Waals surface area contributed by atoms with Gasteiger partial charge in [-0.1, -0.05) is 6.92 Å². The lowest BCUT2D eigenvalue weighted by Crippen LogP contribution is -2.47. The SMILES string of the molecule is CC(=O)N1C[C@@H](C)C(=O)C[C@@H]1C. The molecular formula is C9H15NO2. The van der Waals surface area contributed by atoms with Crippen LogP contribution in [0.25, 0.3) is 0 Å². The zero-order valence-electron chi connectivity index (χ0n) is 7.83. The maximum absolute atomic E-state index is 11.2. The van der Waals surface area contributed by atoms with Crippen LogP contribution in [0.1, 0.15) is 27.2 Å². The molecule has 1 heterocycles. The second kappa shape index (κ2) is 3.25. The number of Topliss-reactive ketones (excluding diaryl/α,β-unsaturated/α-hetero) is 1. The van der Waals surface area contributed by atoms with Crippen LogP contribution in [0.4, 0.5) is 0 Å². The molecule has 0 aromatic rings. The second-order valence-electron chi connectivity index (χ2n) is 3.59. The Morgan fingerprint density at radius 3 is 2.58 bits per heavy atom. The van der Waals surface area contributed by atoms with E-state index in [-0.39, 0.29) is 23.7 Å². The molecule has 12 heavy (non-hydrogen) atoms. The molecule has 1 fully saturated rings. The molecule has 0 spiro atoms. The highest BCUT2D eigenvalue weighted by molar-refractivity contribution is 5.85. The van der Waals surface area contributed by atoms with Crippen molar-refractivity contribution in [1.29, 1.82) is 0 Å². The third-order valence-electron chi connectivity index (χ3n) is 2.45. The van der Waals surface area contributed by atoms with Crippen molar-refractivity contribution < 1.29 is 9.59 Å². The van der Waals surface area contributed by atoms with Crippen LogP contribution in [-0.4, -0.2) is 29.2 Å². The fourth-order valence-corrected chi connectivity index (χ4v) is 1.62.